The topological polar surface area (TPSA) is 83.9 Å². The Kier molecular flexibility index (Phi) is 5.95. The molecule has 1 N–H and O–H groups in total. The maximum Gasteiger partial charge on any atom is 0.303 e. The minimum absolute atomic E-state index is 0.0601. The number of anilines is 1. The van der Waals surface area contributed by atoms with Crippen molar-refractivity contribution in [2.75, 3.05) is 11.4 Å². The monoisotopic (exact) mass is 333 g/mol. The molecule has 1 unspecified atom stereocenters. The maximum atomic E-state index is 12.6. The average molecular weight is 333 g/mol. The van der Waals surface area contributed by atoms with Gasteiger partial charge in [0.15, 0.2) is 11.9 Å². The predicted octanol–water partition coefficient (Wildman–Crippen LogP) is 3.04. The van der Waals surface area contributed by atoms with Crippen molar-refractivity contribution in [2.45, 2.75) is 52.1 Å². The Labute approximate surface area is 141 Å². The molecular formula is C18H23NO5. The molecule has 0 bridgehead atoms. The lowest BCUT2D eigenvalue weighted by Gasteiger charge is -2.34. The summed E-state index contributed by atoms with van der Waals surface area (Å²) in [4.78, 5) is 37.0. The van der Waals surface area contributed by atoms with Gasteiger partial charge in [0.2, 0.25) is 0 Å². The van der Waals surface area contributed by atoms with E-state index in [-0.39, 0.29) is 24.5 Å². The molecule has 1 aromatic rings. The second-order valence-corrected chi connectivity index (χ2v) is 5.86. The number of nitrogens with zero attached hydrogens (tertiary/aromatic N) is 1. The summed E-state index contributed by atoms with van der Waals surface area (Å²) in [5.74, 6) is -0.753. The van der Waals surface area contributed by atoms with Crippen LogP contribution in [0.1, 0.15) is 56.3 Å². The van der Waals surface area contributed by atoms with Crippen LogP contribution in [0.3, 0.4) is 0 Å². The Morgan fingerprint density at radius 1 is 1.25 bits per heavy atom. The summed E-state index contributed by atoms with van der Waals surface area (Å²) in [7, 11) is 0. The first kappa shape index (κ1) is 18.0. The van der Waals surface area contributed by atoms with Gasteiger partial charge >= 0.3 is 5.97 Å². The molecule has 1 aliphatic heterocycles. The van der Waals surface area contributed by atoms with Gasteiger partial charge in [0.25, 0.3) is 5.91 Å². The summed E-state index contributed by atoms with van der Waals surface area (Å²) in [6.07, 6.45) is 1.63. The number of carbonyl (C=O) groups is 3. The summed E-state index contributed by atoms with van der Waals surface area (Å²) >= 11 is 0. The molecule has 1 amide bonds. The number of hydrogen-bond donors (Lipinski definition) is 1. The van der Waals surface area contributed by atoms with Crippen molar-refractivity contribution in [3.05, 3.63) is 23.8 Å². The van der Waals surface area contributed by atoms with Crippen LogP contribution in [0.2, 0.25) is 0 Å². The van der Waals surface area contributed by atoms with Crippen LogP contribution in [-0.4, -0.2) is 35.4 Å². The summed E-state index contributed by atoms with van der Waals surface area (Å²) < 4.78 is 5.74. The number of carboxylic acids is 1. The van der Waals surface area contributed by atoms with Crippen molar-refractivity contribution < 1.29 is 24.2 Å². The Bertz CT molecular complexity index is 640. The Hall–Kier alpha value is -2.37. The fourth-order valence-corrected chi connectivity index (χ4v) is 2.67. The highest BCUT2D eigenvalue weighted by Gasteiger charge is 2.33. The quantitative estimate of drug-likeness (QED) is 0.739. The van der Waals surface area contributed by atoms with E-state index in [0.29, 0.717) is 30.0 Å². The van der Waals surface area contributed by atoms with Crippen LogP contribution < -0.4 is 9.64 Å². The van der Waals surface area contributed by atoms with Crippen molar-refractivity contribution in [2.24, 2.45) is 0 Å². The number of fused-ring (bicyclic) bond motifs is 1. The zero-order valence-corrected chi connectivity index (χ0v) is 14.1. The molecule has 24 heavy (non-hydrogen) atoms. The van der Waals surface area contributed by atoms with Crippen LogP contribution in [0.15, 0.2) is 18.2 Å². The van der Waals surface area contributed by atoms with E-state index in [0.717, 1.165) is 12.8 Å². The van der Waals surface area contributed by atoms with Crippen LogP contribution in [-0.2, 0) is 9.59 Å². The molecule has 0 saturated heterocycles. The van der Waals surface area contributed by atoms with Crippen molar-refractivity contribution in [3.8, 4) is 5.75 Å². The Morgan fingerprint density at radius 2 is 2.00 bits per heavy atom. The van der Waals surface area contributed by atoms with E-state index in [2.05, 4.69) is 6.92 Å². The molecular weight excluding hydrogens is 310 g/mol. The van der Waals surface area contributed by atoms with E-state index in [4.69, 9.17) is 9.84 Å². The van der Waals surface area contributed by atoms with Crippen molar-refractivity contribution in [1.29, 1.82) is 0 Å². The molecule has 1 atom stereocenters. The van der Waals surface area contributed by atoms with E-state index in [1.165, 1.54) is 0 Å². The number of benzene rings is 1. The standard InChI is InChI=1S/C18H23NO5/c1-3-5-10-19-13-11-12(14(20)7-9-17(21)22)6-8-16(13)24-15(4-2)18(19)23/h6,8,11,15H,3-5,7,9-10H2,1-2H3,(H,21,22). The lowest BCUT2D eigenvalue weighted by atomic mass is 10.0. The van der Waals surface area contributed by atoms with Gasteiger partial charge in [0.1, 0.15) is 5.75 Å². The first-order valence-corrected chi connectivity index (χ1v) is 8.35. The molecule has 0 radical (unpaired) electrons. The average Bonchev–Trinajstić information content (AvgIpc) is 2.58. The number of unbranched alkanes of at least 4 members (excludes halogenated alkanes) is 1. The van der Waals surface area contributed by atoms with E-state index in [1.54, 1.807) is 23.1 Å². The minimum atomic E-state index is -1.00. The number of hydrogen-bond acceptors (Lipinski definition) is 4. The lowest BCUT2D eigenvalue weighted by molar-refractivity contribution is -0.137. The normalized spacial score (nSPS) is 16.5. The van der Waals surface area contributed by atoms with Gasteiger partial charge in [-0.2, -0.15) is 0 Å². The van der Waals surface area contributed by atoms with Gasteiger partial charge in [0.05, 0.1) is 12.1 Å². The van der Waals surface area contributed by atoms with Crippen LogP contribution in [0.5, 0.6) is 5.75 Å². The van der Waals surface area contributed by atoms with Gasteiger partial charge in [-0.3, -0.25) is 14.4 Å². The molecule has 130 valence electrons. The highest BCUT2D eigenvalue weighted by Crippen LogP contribution is 2.36. The maximum absolute atomic E-state index is 12.6. The highest BCUT2D eigenvalue weighted by molar-refractivity contribution is 6.03. The predicted molar refractivity (Wildman–Crippen MR) is 89.6 cm³/mol. The molecule has 0 spiro atoms. The third-order valence-electron chi connectivity index (χ3n) is 4.05. The van der Waals surface area contributed by atoms with Gasteiger partial charge in [-0.1, -0.05) is 20.3 Å². The van der Waals surface area contributed by atoms with Crippen LogP contribution in [0.4, 0.5) is 5.69 Å². The summed E-state index contributed by atoms with van der Waals surface area (Å²) in [5.41, 5.74) is 1.00. The molecule has 2 rings (SSSR count). The van der Waals surface area contributed by atoms with Crippen LogP contribution in [0.25, 0.3) is 0 Å². The lowest BCUT2D eigenvalue weighted by Crippen LogP contribution is -2.46. The molecule has 0 fully saturated rings. The zero-order chi connectivity index (χ0) is 17.7. The summed E-state index contributed by atoms with van der Waals surface area (Å²) in [6, 6.07) is 4.96. The van der Waals surface area contributed by atoms with Gasteiger partial charge in [-0.05, 0) is 31.0 Å². The molecule has 0 aromatic heterocycles. The Balaban J connectivity index is 2.30. The molecule has 0 aliphatic carbocycles. The summed E-state index contributed by atoms with van der Waals surface area (Å²) in [5, 5.41) is 8.71. The van der Waals surface area contributed by atoms with Crippen molar-refractivity contribution in [3.63, 3.8) is 0 Å². The second kappa shape index (κ2) is 7.95. The number of Topliss-reactive ketones (excluding diaryl/α,β-unsaturated/α-hetero) is 1. The Morgan fingerprint density at radius 3 is 2.62 bits per heavy atom. The van der Waals surface area contributed by atoms with E-state index < -0.39 is 12.1 Å². The molecule has 6 nitrogen and oxygen atoms in total. The smallest absolute Gasteiger partial charge is 0.303 e. The third kappa shape index (κ3) is 3.93. The minimum Gasteiger partial charge on any atom is -0.481 e. The largest absolute Gasteiger partial charge is 0.481 e. The number of aliphatic carboxylic acids is 1. The number of amides is 1. The third-order valence-corrected chi connectivity index (χ3v) is 4.05. The number of ether oxygens (including phenoxy) is 1. The van der Waals surface area contributed by atoms with E-state index in [1.807, 2.05) is 6.92 Å². The van der Waals surface area contributed by atoms with Crippen molar-refractivity contribution >= 4 is 23.3 Å². The van der Waals surface area contributed by atoms with E-state index >= 15 is 0 Å². The molecule has 1 aliphatic rings. The fraction of sp³-hybridized carbons (Fsp3) is 0.500. The number of carboxylic acid groups (broad SMARTS) is 1. The first-order chi connectivity index (χ1) is 11.5. The van der Waals surface area contributed by atoms with E-state index in [9.17, 15) is 14.4 Å². The number of ketones is 1. The van der Waals surface area contributed by atoms with Gasteiger partial charge < -0.3 is 14.7 Å². The summed E-state index contributed by atoms with van der Waals surface area (Å²) in [6.45, 7) is 4.53. The fourth-order valence-electron chi connectivity index (χ4n) is 2.67. The SMILES string of the molecule is CCCCN1C(=O)C(CC)Oc2ccc(C(=O)CCC(=O)O)cc21. The molecule has 1 heterocycles. The van der Waals surface area contributed by atoms with Gasteiger partial charge in [0, 0.05) is 18.5 Å². The second-order valence-electron chi connectivity index (χ2n) is 5.86. The highest BCUT2D eigenvalue weighted by atomic mass is 16.5. The van der Waals surface area contributed by atoms with Crippen molar-refractivity contribution in [1.82, 2.24) is 0 Å². The van der Waals surface area contributed by atoms with Crippen LogP contribution >= 0.6 is 0 Å². The van der Waals surface area contributed by atoms with Gasteiger partial charge in [-0.15, -0.1) is 0 Å². The number of rotatable bonds is 8. The molecule has 0 saturated carbocycles. The van der Waals surface area contributed by atoms with Gasteiger partial charge in [-0.25, -0.2) is 0 Å². The first-order valence-electron chi connectivity index (χ1n) is 8.35. The molecule has 6 heteroatoms. The number of carbonyl (C=O) groups excluding carboxylic acids is 2. The zero-order valence-electron chi connectivity index (χ0n) is 14.1. The molecule has 1 aromatic carbocycles. The van der Waals surface area contributed by atoms with Crippen LogP contribution in [0, 0.1) is 0 Å².